The predicted molar refractivity (Wildman–Crippen MR) is 66.7 cm³/mol. The number of carbonyl (C=O) groups is 1. The topological polar surface area (TPSA) is 46.4 Å². The molecule has 4 nitrogen and oxygen atoms in total. The van der Waals surface area contributed by atoms with Crippen molar-refractivity contribution in [1.29, 1.82) is 0 Å². The first kappa shape index (κ1) is 12.5. The Bertz CT molecular complexity index is 562. The first-order valence-corrected chi connectivity index (χ1v) is 5.94. The normalized spacial score (nSPS) is 11.1. The number of aromatic nitrogens is 2. The molecule has 0 atom stereocenters. The summed E-state index contributed by atoms with van der Waals surface area (Å²) in [5, 5.41) is 2.82. The van der Waals surface area contributed by atoms with Crippen LogP contribution in [0.4, 0.5) is 4.39 Å². The Morgan fingerprint density at radius 3 is 2.94 bits per heavy atom. The van der Waals surface area contributed by atoms with Crippen molar-refractivity contribution >= 4 is 11.6 Å². The summed E-state index contributed by atoms with van der Waals surface area (Å²) in [5.41, 5.74) is 1.28. The zero-order chi connectivity index (χ0) is 13.1. The van der Waals surface area contributed by atoms with Crippen LogP contribution in [0, 0.1) is 11.7 Å². The van der Waals surface area contributed by atoms with E-state index >= 15 is 0 Å². The fraction of sp³-hybridized carbons (Fsp3) is 0.385. The van der Waals surface area contributed by atoms with Gasteiger partial charge in [0.25, 0.3) is 0 Å². The number of imidazole rings is 1. The maximum Gasteiger partial charge on any atom is 0.226 e. The van der Waals surface area contributed by atoms with Crippen molar-refractivity contribution in [3.63, 3.8) is 0 Å². The van der Waals surface area contributed by atoms with Gasteiger partial charge in [0.05, 0.1) is 12.1 Å². The Morgan fingerprint density at radius 2 is 2.22 bits per heavy atom. The number of amides is 1. The van der Waals surface area contributed by atoms with Gasteiger partial charge in [0.1, 0.15) is 11.5 Å². The van der Waals surface area contributed by atoms with Crippen LogP contribution in [0.5, 0.6) is 0 Å². The average molecular weight is 249 g/mol. The van der Waals surface area contributed by atoms with Gasteiger partial charge in [-0.05, 0) is 18.1 Å². The highest BCUT2D eigenvalue weighted by Gasteiger charge is 2.08. The molecule has 0 saturated carbocycles. The lowest BCUT2D eigenvalue weighted by Crippen LogP contribution is -2.28. The van der Waals surface area contributed by atoms with Gasteiger partial charge in [-0.2, -0.15) is 0 Å². The second kappa shape index (κ2) is 5.16. The van der Waals surface area contributed by atoms with E-state index in [2.05, 4.69) is 10.3 Å². The van der Waals surface area contributed by atoms with E-state index in [1.54, 1.807) is 16.7 Å². The van der Waals surface area contributed by atoms with E-state index in [-0.39, 0.29) is 18.1 Å². The highest BCUT2D eigenvalue weighted by molar-refractivity contribution is 5.78. The van der Waals surface area contributed by atoms with Gasteiger partial charge in [0.15, 0.2) is 0 Å². The Balaban J connectivity index is 2.05. The second-order valence-electron chi connectivity index (χ2n) is 4.72. The number of fused-ring (bicyclic) bond motifs is 1. The average Bonchev–Trinajstić information content (AvgIpc) is 2.67. The van der Waals surface area contributed by atoms with Crippen LogP contribution < -0.4 is 5.32 Å². The molecule has 2 heterocycles. The van der Waals surface area contributed by atoms with E-state index < -0.39 is 0 Å². The monoisotopic (exact) mass is 249 g/mol. The van der Waals surface area contributed by atoms with E-state index in [0.29, 0.717) is 23.8 Å². The third-order valence-electron chi connectivity index (χ3n) is 2.51. The van der Waals surface area contributed by atoms with Crippen LogP contribution in [0.2, 0.25) is 0 Å². The van der Waals surface area contributed by atoms with Crippen molar-refractivity contribution in [3.8, 4) is 0 Å². The molecule has 2 aromatic heterocycles. The minimum atomic E-state index is -0.323. The van der Waals surface area contributed by atoms with Crippen LogP contribution in [0.15, 0.2) is 24.5 Å². The molecule has 18 heavy (non-hydrogen) atoms. The largest absolute Gasteiger partial charge is 0.356 e. The summed E-state index contributed by atoms with van der Waals surface area (Å²) >= 11 is 0. The van der Waals surface area contributed by atoms with Crippen LogP contribution in [-0.2, 0) is 11.2 Å². The van der Waals surface area contributed by atoms with Crippen molar-refractivity contribution in [2.45, 2.75) is 20.3 Å². The molecule has 0 spiro atoms. The van der Waals surface area contributed by atoms with Crippen LogP contribution in [0.25, 0.3) is 5.65 Å². The Morgan fingerprint density at radius 1 is 1.44 bits per heavy atom. The van der Waals surface area contributed by atoms with Crippen molar-refractivity contribution in [3.05, 3.63) is 36.0 Å². The van der Waals surface area contributed by atoms with Gasteiger partial charge in [0.2, 0.25) is 5.91 Å². The molecule has 0 bridgehead atoms. The lowest BCUT2D eigenvalue weighted by atomic mass is 10.2. The zero-order valence-corrected chi connectivity index (χ0v) is 10.5. The van der Waals surface area contributed by atoms with E-state index in [1.165, 1.54) is 12.3 Å². The van der Waals surface area contributed by atoms with E-state index in [9.17, 15) is 9.18 Å². The molecule has 0 aliphatic rings. The molecule has 2 rings (SSSR count). The number of halogens is 1. The molecule has 96 valence electrons. The second-order valence-corrected chi connectivity index (χ2v) is 4.72. The summed E-state index contributed by atoms with van der Waals surface area (Å²) in [6.07, 6.45) is 3.24. The molecular weight excluding hydrogens is 233 g/mol. The maximum absolute atomic E-state index is 13.0. The summed E-state index contributed by atoms with van der Waals surface area (Å²) in [6.45, 7) is 4.72. The SMILES string of the molecule is CC(C)CNC(=O)Cc1cn2cc(F)ccc2n1. The highest BCUT2D eigenvalue weighted by Crippen LogP contribution is 2.07. The summed E-state index contributed by atoms with van der Waals surface area (Å²) in [4.78, 5) is 15.9. The molecule has 0 aliphatic heterocycles. The first-order valence-electron chi connectivity index (χ1n) is 5.94. The predicted octanol–water partition coefficient (Wildman–Crippen LogP) is 1.79. The third-order valence-corrected chi connectivity index (χ3v) is 2.51. The fourth-order valence-corrected chi connectivity index (χ4v) is 1.65. The van der Waals surface area contributed by atoms with Crippen LogP contribution in [0.1, 0.15) is 19.5 Å². The molecule has 1 N–H and O–H groups in total. The van der Waals surface area contributed by atoms with Crippen LogP contribution in [-0.4, -0.2) is 21.8 Å². The number of carbonyl (C=O) groups excluding carboxylic acids is 1. The van der Waals surface area contributed by atoms with E-state index in [4.69, 9.17) is 0 Å². The van der Waals surface area contributed by atoms with Gasteiger partial charge >= 0.3 is 0 Å². The first-order chi connectivity index (χ1) is 8.54. The molecular formula is C13H16FN3O. The summed E-state index contributed by atoms with van der Waals surface area (Å²) in [6, 6.07) is 2.94. The van der Waals surface area contributed by atoms with Gasteiger partial charge in [-0.25, -0.2) is 9.37 Å². The minimum absolute atomic E-state index is 0.0624. The van der Waals surface area contributed by atoms with Crippen molar-refractivity contribution in [2.75, 3.05) is 6.54 Å². The molecule has 0 aromatic carbocycles. The lowest BCUT2D eigenvalue weighted by molar-refractivity contribution is -0.120. The van der Waals surface area contributed by atoms with Gasteiger partial charge < -0.3 is 9.72 Å². The Labute approximate surface area is 105 Å². The van der Waals surface area contributed by atoms with Crippen LogP contribution in [0.3, 0.4) is 0 Å². The molecule has 0 fully saturated rings. The molecule has 2 aromatic rings. The zero-order valence-electron chi connectivity index (χ0n) is 10.5. The van der Waals surface area contributed by atoms with Crippen molar-refractivity contribution < 1.29 is 9.18 Å². The molecule has 0 aliphatic carbocycles. The molecule has 0 radical (unpaired) electrons. The van der Waals surface area contributed by atoms with Gasteiger partial charge in [0, 0.05) is 18.9 Å². The molecule has 0 unspecified atom stereocenters. The van der Waals surface area contributed by atoms with Crippen molar-refractivity contribution in [1.82, 2.24) is 14.7 Å². The van der Waals surface area contributed by atoms with Crippen LogP contribution >= 0.6 is 0 Å². The summed E-state index contributed by atoms with van der Waals surface area (Å²) < 4.78 is 14.6. The standard InChI is InChI=1S/C13H16FN3O/c1-9(2)6-15-13(18)5-11-8-17-7-10(14)3-4-12(17)16-11/h3-4,7-9H,5-6H2,1-2H3,(H,15,18). The summed E-state index contributed by atoms with van der Waals surface area (Å²) in [7, 11) is 0. The van der Waals surface area contributed by atoms with E-state index in [1.807, 2.05) is 13.8 Å². The van der Waals surface area contributed by atoms with Gasteiger partial charge in [-0.3, -0.25) is 4.79 Å². The molecule has 0 saturated heterocycles. The number of rotatable bonds is 4. The quantitative estimate of drug-likeness (QED) is 0.898. The van der Waals surface area contributed by atoms with Crippen molar-refractivity contribution in [2.24, 2.45) is 5.92 Å². The third kappa shape index (κ3) is 3.06. The lowest BCUT2D eigenvalue weighted by Gasteiger charge is -2.05. The molecule has 1 amide bonds. The smallest absolute Gasteiger partial charge is 0.226 e. The number of nitrogens with zero attached hydrogens (tertiary/aromatic N) is 2. The number of hydrogen-bond acceptors (Lipinski definition) is 2. The molecule has 5 heteroatoms. The minimum Gasteiger partial charge on any atom is -0.356 e. The number of nitrogens with one attached hydrogen (secondary N) is 1. The van der Waals surface area contributed by atoms with Gasteiger partial charge in [-0.1, -0.05) is 13.8 Å². The fourth-order valence-electron chi connectivity index (χ4n) is 1.65. The highest BCUT2D eigenvalue weighted by atomic mass is 19.1. The Kier molecular flexibility index (Phi) is 3.60. The van der Waals surface area contributed by atoms with E-state index in [0.717, 1.165) is 0 Å². The van der Waals surface area contributed by atoms with Gasteiger partial charge in [-0.15, -0.1) is 0 Å². The Hall–Kier alpha value is -1.91. The maximum atomic E-state index is 13.0. The number of pyridine rings is 1. The number of hydrogen-bond donors (Lipinski definition) is 1. The summed E-state index contributed by atoms with van der Waals surface area (Å²) in [5.74, 6) is 0.0346.